The van der Waals surface area contributed by atoms with Crippen LogP contribution in [0.1, 0.15) is 57.8 Å². The van der Waals surface area contributed by atoms with E-state index < -0.39 is 0 Å². The molecule has 1 spiro atoms. The van der Waals surface area contributed by atoms with Crippen LogP contribution in [0.15, 0.2) is 0 Å². The predicted octanol–water partition coefficient (Wildman–Crippen LogP) is 2.42. The highest BCUT2D eigenvalue weighted by Gasteiger charge is 2.49. The number of fused-ring (bicyclic) bond motifs is 2. The van der Waals surface area contributed by atoms with Gasteiger partial charge in [0.1, 0.15) is 5.60 Å². The van der Waals surface area contributed by atoms with Gasteiger partial charge in [-0.15, -0.1) is 0 Å². The molecule has 3 saturated heterocycles. The number of carbonyl (C=O) groups is 1. The number of amides is 1. The zero-order valence-corrected chi connectivity index (χ0v) is 11.6. The van der Waals surface area contributed by atoms with Crippen molar-refractivity contribution in [2.45, 2.75) is 81.5 Å². The molecule has 2 atom stereocenters. The molecule has 0 radical (unpaired) electrons. The van der Waals surface area contributed by atoms with Crippen LogP contribution in [0.4, 0.5) is 4.79 Å². The standard InChI is InChI=1S/C15H24N2O2/c18-14-17(13-3-1-2-4-13)8-7-15(19-14)9-11-5-6-12(10-15)16-11/h11-13,16H,1-10H2. The summed E-state index contributed by atoms with van der Waals surface area (Å²) in [7, 11) is 0. The molecule has 106 valence electrons. The molecule has 4 aliphatic rings. The predicted molar refractivity (Wildman–Crippen MR) is 72.0 cm³/mol. The van der Waals surface area contributed by atoms with Crippen molar-refractivity contribution in [1.29, 1.82) is 0 Å². The summed E-state index contributed by atoms with van der Waals surface area (Å²) in [4.78, 5) is 14.4. The average Bonchev–Trinajstić information content (AvgIpc) is 3.00. The van der Waals surface area contributed by atoms with E-state index in [4.69, 9.17) is 4.74 Å². The first-order chi connectivity index (χ1) is 9.24. The van der Waals surface area contributed by atoms with E-state index in [-0.39, 0.29) is 11.7 Å². The van der Waals surface area contributed by atoms with Crippen LogP contribution in [0.5, 0.6) is 0 Å². The zero-order chi connectivity index (χ0) is 12.9. The summed E-state index contributed by atoms with van der Waals surface area (Å²) < 4.78 is 5.97. The van der Waals surface area contributed by atoms with Gasteiger partial charge in [0.25, 0.3) is 0 Å². The van der Waals surface area contributed by atoms with Gasteiger partial charge in [-0.1, -0.05) is 12.8 Å². The van der Waals surface area contributed by atoms with Crippen LogP contribution in [0.2, 0.25) is 0 Å². The van der Waals surface area contributed by atoms with Crippen LogP contribution in [-0.2, 0) is 4.74 Å². The van der Waals surface area contributed by atoms with Gasteiger partial charge < -0.3 is 15.0 Å². The van der Waals surface area contributed by atoms with E-state index in [0.717, 1.165) is 25.8 Å². The fraction of sp³-hybridized carbons (Fsp3) is 0.933. The maximum Gasteiger partial charge on any atom is 0.410 e. The Bertz CT molecular complexity index is 366. The Kier molecular flexibility index (Phi) is 2.76. The van der Waals surface area contributed by atoms with Gasteiger partial charge in [-0.2, -0.15) is 0 Å². The number of rotatable bonds is 1. The van der Waals surface area contributed by atoms with Gasteiger partial charge in [0.2, 0.25) is 0 Å². The summed E-state index contributed by atoms with van der Waals surface area (Å²) in [5.74, 6) is 0. The number of nitrogens with one attached hydrogen (secondary N) is 1. The molecule has 0 aromatic rings. The smallest absolute Gasteiger partial charge is 0.410 e. The van der Waals surface area contributed by atoms with Crippen molar-refractivity contribution in [3.63, 3.8) is 0 Å². The van der Waals surface area contributed by atoms with Crippen LogP contribution >= 0.6 is 0 Å². The monoisotopic (exact) mass is 264 g/mol. The summed E-state index contributed by atoms with van der Waals surface area (Å²) in [6.07, 6.45) is 10.5. The summed E-state index contributed by atoms with van der Waals surface area (Å²) in [5, 5.41) is 3.64. The molecule has 1 N–H and O–H groups in total. The van der Waals surface area contributed by atoms with E-state index in [0.29, 0.717) is 18.1 Å². The fourth-order valence-electron chi connectivity index (χ4n) is 4.75. The minimum atomic E-state index is -0.136. The summed E-state index contributed by atoms with van der Waals surface area (Å²) >= 11 is 0. The second-order valence-corrected chi connectivity index (χ2v) is 6.98. The van der Waals surface area contributed by atoms with Crippen LogP contribution in [0.25, 0.3) is 0 Å². The quantitative estimate of drug-likeness (QED) is 0.791. The van der Waals surface area contributed by atoms with Crippen molar-refractivity contribution < 1.29 is 9.53 Å². The molecular formula is C15H24N2O2. The zero-order valence-electron chi connectivity index (χ0n) is 11.6. The van der Waals surface area contributed by atoms with Gasteiger partial charge in [0.15, 0.2) is 0 Å². The Morgan fingerprint density at radius 2 is 1.79 bits per heavy atom. The van der Waals surface area contributed by atoms with Crippen molar-refractivity contribution in [2.75, 3.05) is 6.54 Å². The first-order valence-corrected chi connectivity index (χ1v) is 8.00. The van der Waals surface area contributed by atoms with Gasteiger partial charge in [0, 0.05) is 43.9 Å². The second-order valence-electron chi connectivity index (χ2n) is 6.98. The van der Waals surface area contributed by atoms with E-state index in [1.165, 1.54) is 38.5 Å². The van der Waals surface area contributed by atoms with Crippen molar-refractivity contribution in [1.82, 2.24) is 10.2 Å². The van der Waals surface area contributed by atoms with Crippen molar-refractivity contribution in [3.05, 3.63) is 0 Å². The van der Waals surface area contributed by atoms with Gasteiger partial charge in [-0.25, -0.2) is 4.79 Å². The fourth-order valence-corrected chi connectivity index (χ4v) is 4.75. The molecule has 1 saturated carbocycles. The van der Waals surface area contributed by atoms with E-state index in [9.17, 15) is 4.79 Å². The minimum Gasteiger partial charge on any atom is -0.443 e. The molecule has 1 aliphatic carbocycles. The van der Waals surface area contributed by atoms with Crippen LogP contribution in [0.3, 0.4) is 0 Å². The van der Waals surface area contributed by atoms with Crippen molar-refractivity contribution in [3.8, 4) is 0 Å². The molecule has 4 heteroatoms. The third-order valence-electron chi connectivity index (χ3n) is 5.68. The molecule has 0 aromatic carbocycles. The second kappa shape index (κ2) is 4.37. The number of carbonyl (C=O) groups excluding carboxylic acids is 1. The molecule has 3 heterocycles. The van der Waals surface area contributed by atoms with E-state index in [2.05, 4.69) is 5.32 Å². The molecule has 2 bridgehead atoms. The molecule has 0 aromatic heterocycles. The highest BCUT2D eigenvalue weighted by molar-refractivity contribution is 5.69. The molecule has 4 rings (SSSR count). The van der Waals surface area contributed by atoms with Gasteiger partial charge >= 0.3 is 6.09 Å². The van der Waals surface area contributed by atoms with Crippen LogP contribution < -0.4 is 5.32 Å². The molecule has 3 aliphatic heterocycles. The number of piperidine rings is 1. The number of ether oxygens (including phenoxy) is 1. The average molecular weight is 264 g/mol. The van der Waals surface area contributed by atoms with Gasteiger partial charge in [-0.3, -0.25) is 0 Å². The Balaban J connectivity index is 1.46. The highest BCUT2D eigenvalue weighted by Crippen LogP contribution is 2.42. The number of hydrogen-bond acceptors (Lipinski definition) is 3. The Hall–Kier alpha value is -0.770. The van der Waals surface area contributed by atoms with Crippen LogP contribution in [-0.4, -0.2) is 41.3 Å². The molecular weight excluding hydrogens is 240 g/mol. The lowest BCUT2D eigenvalue weighted by molar-refractivity contribution is -0.0808. The van der Waals surface area contributed by atoms with E-state index in [1.807, 2.05) is 4.90 Å². The minimum absolute atomic E-state index is 0.0283. The van der Waals surface area contributed by atoms with Crippen LogP contribution in [0, 0.1) is 0 Å². The molecule has 4 nitrogen and oxygen atoms in total. The van der Waals surface area contributed by atoms with Crippen molar-refractivity contribution >= 4 is 6.09 Å². The summed E-state index contributed by atoms with van der Waals surface area (Å²) in [6.45, 7) is 0.920. The van der Waals surface area contributed by atoms with Crippen molar-refractivity contribution in [2.24, 2.45) is 0 Å². The number of nitrogens with zero attached hydrogens (tertiary/aromatic N) is 1. The third-order valence-corrected chi connectivity index (χ3v) is 5.68. The lowest BCUT2D eigenvalue weighted by Gasteiger charge is -2.47. The Morgan fingerprint density at radius 3 is 2.42 bits per heavy atom. The number of hydrogen-bond donors (Lipinski definition) is 1. The Morgan fingerprint density at radius 1 is 1.11 bits per heavy atom. The third kappa shape index (κ3) is 2.04. The summed E-state index contributed by atoms with van der Waals surface area (Å²) in [5.41, 5.74) is -0.136. The molecule has 2 unspecified atom stereocenters. The van der Waals surface area contributed by atoms with E-state index >= 15 is 0 Å². The topological polar surface area (TPSA) is 41.6 Å². The maximum absolute atomic E-state index is 12.4. The summed E-state index contributed by atoms with van der Waals surface area (Å²) in [6, 6.07) is 1.64. The van der Waals surface area contributed by atoms with Gasteiger partial charge in [-0.05, 0) is 25.7 Å². The van der Waals surface area contributed by atoms with Gasteiger partial charge in [0.05, 0.1) is 0 Å². The van der Waals surface area contributed by atoms with E-state index in [1.54, 1.807) is 0 Å². The first-order valence-electron chi connectivity index (χ1n) is 8.00. The SMILES string of the molecule is O=C1OC2(CCN1C1CCCC1)CC1CCC(C2)N1. The first kappa shape index (κ1) is 12.0. The molecule has 4 fully saturated rings. The molecule has 19 heavy (non-hydrogen) atoms. The highest BCUT2D eigenvalue weighted by atomic mass is 16.6. The lowest BCUT2D eigenvalue weighted by Crippen LogP contribution is -2.58. The normalized spacial score (nSPS) is 42.9. The molecule has 1 amide bonds. The maximum atomic E-state index is 12.4. The largest absolute Gasteiger partial charge is 0.443 e. The lowest BCUT2D eigenvalue weighted by atomic mass is 9.83. The Labute approximate surface area is 114 Å².